The van der Waals surface area contributed by atoms with Gasteiger partial charge in [0, 0.05) is 25.8 Å². The van der Waals surface area contributed by atoms with Crippen LogP contribution < -0.4 is 10.6 Å². The molecule has 4 aliphatic rings. The molecule has 3 saturated carbocycles. The maximum absolute atomic E-state index is 12.2. The van der Waals surface area contributed by atoms with Crippen LogP contribution in [-0.2, 0) is 4.74 Å². The van der Waals surface area contributed by atoms with E-state index in [0.29, 0.717) is 12.0 Å². The Hall–Kier alpha value is -0.770. The number of carbonyl (C=O) groups excluding carboxylic acids is 1. The Morgan fingerprint density at radius 3 is 2.67 bits per heavy atom. The number of urea groups is 1. The first-order valence-corrected chi connectivity index (χ1v) is 8.93. The third-order valence-corrected chi connectivity index (χ3v) is 6.64. The SMILES string of the molecule is O=C(NCC1CCOCC1)N[C@@H]1C[C@H]2C[C@H]1[C@H]1CCC[C@H]21. The predicted octanol–water partition coefficient (Wildman–Crippen LogP) is 2.54. The summed E-state index contributed by atoms with van der Waals surface area (Å²) >= 11 is 0. The zero-order valence-electron chi connectivity index (χ0n) is 12.9. The van der Waals surface area contributed by atoms with Gasteiger partial charge in [-0.2, -0.15) is 0 Å². The van der Waals surface area contributed by atoms with Crippen LogP contribution in [0.25, 0.3) is 0 Å². The average Bonchev–Trinajstić information content (AvgIpc) is 3.18. The second kappa shape index (κ2) is 5.79. The van der Waals surface area contributed by atoms with Crippen molar-refractivity contribution in [3.05, 3.63) is 0 Å². The van der Waals surface area contributed by atoms with Crippen LogP contribution in [0.2, 0.25) is 0 Å². The molecule has 2 N–H and O–H groups in total. The van der Waals surface area contributed by atoms with Gasteiger partial charge in [-0.1, -0.05) is 6.42 Å². The van der Waals surface area contributed by atoms with Crippen molar-refractivity contribution in [2.45, 2.75) is 51.0 Å². The Bertz CT molecular complexity index is 394. The highest BCUT2D eigenvalue weighted by molar-refractivity contribution is 5.74. The molecule has 4 rings (SSSR count). The van der Waals surface area contributed by atoms with Gasteiger partial charge in [-0.05, 0) is 68.1 Å². The van der Waals surface area contributed by atoms with Crippen molar-refractivity contribution in [2.75, 3.05) is 19.8 Å². The van der Waals surface area contributed by atoms with Crippen LogP contribution in [0.5, 0.6) is 0 Å². The minimum absolute atomic E-state index is 0.0635. The van der Waals surface area contributed by atoms with Crippen molar-refractivity contribution in [3.63, 3.8) is 0 Å². The first-order chi connectivity index (χ1) is 10.3. The topological polar surface area (TPSA) is 50.4 Å². The Morgan fingerprint density at radius 2 is 1.81 bits per heavy atom. The second-order valence-corrected chi connectivity index (χ2v) is 7.67. The van der Waals surface area contributed by atoms with Gasteiger partial charge in [0.25, 0.3) is 0 Å². The number of fused-ring (bicyclic) bond motifs is 5. The normalized spacial score (nSPS) is 42.0. The number of amides is 2. The summed E-state index contributed by atoms with van der Waals surface area (Å²) in [6.45, 7) is 2.51. The third-order valence-electron chi connectivity index (χ3n) is 6.64. The summed E-state index contributed by atoms with van der Waals surface area (Å²) in [6.07, 6.45) is 9.06. The number of carbonyl (C=O) groups is 1. The summed E-state index contributed by atoms with van der Waals surface area (Å²) in [5.74, 6) is 4.20. The van der Waals surface area contributed by atoms with Crippen LogP contribution in [0.3, 0.4) is 0 Å². The molecule has 0 aromatic rings. The Morgan fingerprint density at radius 1 is 1.00 bits per heavy atom. The minimum atomic E-state index is 0.0635. The quantitative estimate of drug-likeness (QED) is 0.840. The van der Waals surface area contributed by atoms with Crippen molar-refractivity contribution < 1.29 is 9.53 Å². The average molecular weight is 292 g/mol. The van der Waals surface area contributed by atoms with E-state index >= 15 is 0 Å². The summed E-state index contributed by atoms with van der Waals surface area (Å²) in [6, 6.07) is 0.512. The van der Waals surface area contributed by atoms with Gasteiger partial charge in [-0.25, -0.2) is 4.79 Å². The van der Waals surface area contributed by atoms with Gasteiger partial charge >= 0.3 is 6.03 Å². The van der Waals surface area contributed by atoms with E-state index in [1.807, 2.05) is 0 Å². The van der Waals surface area contributed by atoms with Crippen LogP contribution in [-0.4, -0.2) is 31.8 Å². The van der Waals surface area contributed by atoms with Gasteiger partial charge < -0.3 is 15.4 Å². The lowest BCUT2D eigenvalue weighted by atomic mass is 9.79. The summed E-state index contributed by atoms with van der Waals surface area (Å²) in [7, 11) is 0. The van der Waals surface area contributed by atoms with Crippen LogP contribution in [0.1, 0.15) is 44.9 Å². The van der Waals surface area contributed by atoms with E-state index in [-0.39, 0.29) is 6.03 Å². The van der Waals surface area contributed by atoms with Gasteiger partial charge in [0.1, 0.15) is 0 Å². The Kier molecular flexibility index (Phi) is 3.82. The van der Waals surface area contributed by atoms with Crippen molar-refractivity contribution in [1.29, 1.82) is 0 Å². The smallest absolute Gasteiger partial charge is 0.315 e. The lowest BCUT2D eigenvalue weighted by Crippen LogP contribution is -2.48. The molecule has 21 heavy (non-hydrogen) atoms. The molecule has 1 heterocycles. The predicted molar refractivity (Wildman–Crippen MR) is 80.9 cm³/mol. The van der Waals surface area contributed by atoms with Gasteiger partial charge in [0.2, 0.25) is 0 Å². The zero-order valence-corrected chi connectivity index (χ0v) is 12.9. The van der Waals surface area contributed by atoms with E-state index < -0.39 is 0 Å². The molecule has 2 bridgehead atoms. The number of hydrogen-bond donors (Lipinski definition) is 2. The van der Waals surface area contributed by atoms with Gasteiger partial charge in [-0.15, -0.1) is 0 Å². The molecule has 0 radical (unpaired) electrons. The molecule has 1 saturated heterocycles. The molecule has 118 valence electrons. The van der Waals surface area contributed by atoms with Gasteiger partial charge in [0.05, 0.1) is 0 Å². The number of hydrogen-bond acceptors (Lipinski definition) is 2. The van der Waals surface area contributed by atoms with E-state index in [9.17, 15) is 4.79 Å². The fourth-order valence-electron chi connectivity index (χ4n) is 5.64. The summed E-state index contributed by atoms with van der Waals surface area (Å²) < 4.78 is 5.36. The molecule has 4 heteroatoms. The molecule has 5 atom stereocenters. The Labute approximate surface area is 127 Å². The van der Waals surface area contributed by atoms with Crippen LogP contribution in [0.15, 0.2) is 0 Å². The van der Waals surface area contributed by atoms with Crippen molar-refractivity contribution in [2.24, 2.45) is 29.6 Å². The van der Waals surface area contributed by atoms with Crippen LogP contribution in [0.4, 0.5) is 4.79 Å². The van der Waals surface area contributed by atoms with Crippen molar-refractivity contribution >= 4 is 6.03 Å². The number of nitrogens with one attached hydrogen (secondary N) is 2. The molecule has 0 aromatic carbocycles. The van der Waals surface area contributed by atoms with E-state index in [1.54, 1.807) is 0 Å². The molecule has 4 nitrogen and oxygen atoms in total. The number of rotatable bonds is 3. The van der Waals surface area contributed by atoms with E-state index in [0.717, 1.165) is 56.3 Å². The highest BCUT2D eigenvalue weighted by Gasteiger charge is 2.54. The van der Waals surface area contributed by atoms with Crippen molar-refractivity contribution in [3.8, 4) is 0 Å². The maximum atomic E-state index is 12.2. The lowest BCUT2D eigenvalue weighted by molar-refractivity contribution is 0.0668. The zero-order chi connectivity index (χ0) is 14.2. The largest absolute Gasteiger partial charge is 0.381 e. The minimum Gasteiger partial charge on any atom is -0.381 e. The summed E-state index contributed by atoms with van der Waals surface area (Å²) in [5, 5.41) is 6.37. The second-order valence-electron chi connectivity index (χ2n) is 7.67. The molecule has 0 aromatic heterocycles. The molecule has 0 unspecified atom stereocenters. The Balaban J connectivity index is 1.24. The highest BCUT2D eigenvalue weighted by atomic mass is 16.5. The molecule has 1 aliphatic heterocycles. The summed E-state index contributed by atoms with van der Waals surface area (Å²) in [4.78, 5) is 12.2. The first kappa shape index (κ1) is 13.9. The van der Waals surface area contributed by atoms with Gasteiger partial charge in [0.15, 0.2) is 0 Å². The first-order valence-electron chi connectivity index (χ1n) is 8.93. The molecule has 2 amide bonds. The fourth-order valence-corrected chi connectivity index (χ4v) is 5.64. The van der Waals surface area contributed by atoms with Crippen molar-refractivity contribution in [1.82, 2.24) is 10.6 Å². The number of ether oxygens (including phenoxy) is 1. The third kappa shape index (κ3) is 2.67. The monoisotopic (exact) mass is 292 g/mol. The fraction of sp³-hybridized carbons (Fsp3) is 0.941. The lowest BCUT2D eigenvalue weighted by Gasteiger charge is -2.32. The molecular weight excluding hydrogens is 264 g/mol. The highest BCUT2D eigenvalue weighted by Crippen LogP contribution is 2.58. The molecular formula is C17H28N2O2. The van der Waals surface area contributed by atoms with Gasteiger partial charge in [-0.3, -0.25) is 0 Å². The van der Waals surface area contributed by atoms with Crippen LogP contribution in [0, 0.1) is 29.6 Å². The maximum Gasteiger partial charge on any atom is 0.315 e. The molecule has 3 aliphatic carbocycles. The summed E-state index contributed by atoms with van der Waals surface area (Å²) in [5.41, 5.74) is 0. The molecule has 0 spiro atoms. The molecule has 4 fully saturated rings. The van der Waals surface area contributed by atoms with Crippen LogP contribution >= 0.6 is 0 Å². The van der Waals surface area contributed by atoms with E-state index in [1.165, 1.54) is 32.1 Å². The van der Waals surface area contributed by atoms with E-state index in [2.05, 4.69) is 10.6 Å². The standard InChI is InChI=1S/C17H28N2O2/c20-17(18-10-11-4-6-21-7-5-11)19-16-9-12-8-15(16)14-3-1-2-13(12)14/h11-16H,1-10H2,(H2,18,19,20)/t12-,13-,14+,15+,16-/m1/s1. The van der Waals surface area contributed by atoms with E-state index in [4.69, 9.17) is 4.74 Å².